The van der Waals surface area contributed by atoms with E-state index in [1.54, 1.807) is 30.3 Å². The van der Waals surface area contributed by atoms with Crippen LogP contribution in [0.5, 0.6) is 0 Å². The average Bonchev–Trinajstić information content (AvgIpc) is 3.13. The van der Waals surface area contributed by atoms with Crippen molar-refractivity contribution in [1.29, 1.82) is 0 Å². The summed E-state index contributed by atoms with van der Waals surface area (Å²) in [5, 5.41) is 0. The minimum atomic E-state index is -3.83. The van der Waals surface area contributed by atoms with Gasteiger partial charge in [-0.2, -0.15) is 0 Å². The number of oxazole rings is 1. The molecule has 1 saturated carbocycles. The van der Waals surface area contributed by atoms with E-state index >= 15 is 0 Å². The Bertz CT molecular complexity index is 1040. The number of sulfonamides is 1. The topological polar surface area (TPSA) is 72.2 Å². The van der Waals surface area contributed by atoms with Crippen LogP contribution in [0.4, 0.5) is 10.3 Å². The second-order valence-electron chi connectivity index (χ2n) is 6.99. The zero-order chi connectivity index (χ0) is 19.6. The summed E-state index contributed by atoms with van der Waals surface area (Å²) in [5.74, 6) is 0.398. The van der Waals surface area contributed by atoms with Crippen LogP contribution in [-0.2, 0) is 10.0 Å². The lowest BCUT2D eigenvalue weighted by molar-refractivity contribution is 0.368. The highest BCUT2D eigenvalue weighted by molar-refractivity contribution is 7.92. The number of nitrogens with one attached hydrogen (secondary N) is 1. The summed E-state index contributed by atoms with van der Waals surface area (Å²) >= 11 is 0. The standard InChI is InChI=1S/C21H21FN2O3S/c22-17-13-11-15(12-14-17)19-21(24-28(25,26)18-9-5-2-6-10-18)27-20(23-19)16-7-3-1-4-8-16/h2,5-6,9-14,16,24H,1,3-4,7-8H2. The monoisotopic (exact) mass is 400 g/mol. The molecule has 0 unspecified atom stereocenters. The maximum absolute atomic E-state index is 13.3. The normalized spacial score (nSPS) is 15.5. The van der Waals surface area contributed by atoms with E-state index in [0.717, 1.165) is 25.7 Å². The van der Waals surface area contributed by atoms with E-state index in [9.17, 15) is 12.8 Å². The second-order valence-corrected chi connectivity index (χ2v) is 8.67. The van der Waals surface area contributed by atoms with Crippen LogP contribution in [0, 0.1) is 5.82 Å². The predicted octanol–water partition coefficient (Wildman–Crippen LogP) is 5.33. The molecule has 0 aliphatic heterocycles. The van der Waals surface area contributed by atoms with Gasteiger partial charge in [-0.05, 0) is 49.2 Å². The smallest absolute Gasteiger partial charge is 0.264 e. The Balaban J connectivity index is 1.73. The van der Waals surface area contributed by atoms with Gasteiger partial charge in [-0.15, -0.1) is 0 Å². The summed E-state index contributed by atoms with van der Waals surface area (Å²) in [5.41, 5.74) is 0.970. The first-order valence-electron chi connectivity index (χ1n) is 9.37. The SMILES string of the molecule is O=S(=O)(Nc1oc(C2CCCCC2)nc1-c1ccc(F)cc1)c1ccccc1. The van der Waals surface area contributed by atoms with E-state index in [0.29, 0.717) is 17.1 Å². The van der Waals surface area contributed by atoms with Crippen molar-refractivity contribution in [3.8, 4) is 11.3 Å². The summed E-state index contributed by atoms with van der Waals surface area (Å²) in [4.78, 5) is 4.73. The Morgan fingerprint density at radius 1 is 0.964 bits per heavy atom. The number of aromatic nitrogens is 1. The van der Waals surface area contributed by atoms with Crippen molar-refractivity contribution >= 4 is 15.9 Å². The molecule has 3 aromatic rings. The van der Waals surface area contributed by atoms with Crippen molar-refractivity contribution in [3.05, 3.63) is 66.3 Å². The van der Waals surface area contributed by atoms with Gasteiger partial charge in [-0.1, -0.05) is 37.5 Å². The zero-order valence-electron chi connectivity index (χ0n) is 15.3. The Morgan fingerprint density at radius 2 is 1.64 bits per heavy atom. The van der Waals surface area contributed by atoms with Crippen molar-refractivity contribution in [2.75, 3.05) is 4.72 Å². The molecule has 1 aliphatic carbocycles. The number of rotatable bonds is 5. The van der Waals surface area contributed by atoms with Gasteiger partial charge in [0, 0.05) is 11.5 Å². The minimum Gasteiger partial charge on any atom is -0.423 e. The highest BCUT2D eigenvalue weighted by Gasteiger charge is 2.26. The Hall–Kier alpha value is -2.67. The van der Waals surface area contributed by atoms with Gasteiger partial charge in [-0.3, -0.25) is 0 Å². The van der Waals surface area contributed by atoms with Crippen LogP contribution < -0.4 is 4.72 Å². The Morgan fingerprint density at radius 3 is 2.32 bits per heavy atom. The molecule has 1 N–H and O–H groups in total. The number of nitrogens with zero attached hydrogens (tertiary/aromatic N) is 1. The van der Waals surface area contributed by atoms with Gasteiger partial charge < -0.3 is 4.42 Å². The molecule has 0 spiro atoms. The van der Waals surface area contributed by atoms with Crippen LogP contribution in [0.15, 0.2) is 63.9 Å². The lowest BCUT2D eigenvalue weighted by Crippen LogP contribution is -2.13. The molecule has 1 fully saturated rings. The third-order valence-electron chi connectivity index (χ3n) is 5.00. The van der Waals surface area contributed by atoms with Crippen LogP contribution in [0.25, 0.3) is 11.3 Å². The van der Waals surface area contributed by atoms with Gasteiger partial charge in [0.05, 0.1) is 4.90 Å². The molecule has 1 aliphatic rings. The molecule has 0 saturated heterocycles. The Labute approximate surface area is 163 Å². The van der Waals surface area contributed by atoms with Crippen LogP contribution in [0.1, 0.15) is 43.9 Å². The van der Waals surface area contributed by atoms with E-state index < -0.39 is 10.0 Å². The molecule has 0 bridgehead atoms. The van der Waals surface area contributed by atoms with Crippen molar-refractivity contribution < 1.29 is 17.2 Å². The van der Waals surface area contributed by atoms with Crippen molar-refractivity contribution in [3.63, 3.8) is 0 Å². The highest BCUT2D eigenvalue weighted by Crippen LogP contribution is 2.38. The third kappa shape index (κ3) is 3.94. The molecule has 7 heteroatoms. The van der Waals surface area contributed by atoms with Crippen molar-refractivity contribution in [1.82, 2.24) is 4.98 Å². The van der Waals surface area contributed by atoms with E-state index in [4.69, 9.17) is 4.42 Å². The largest absolute Gasteiger partial charge is 0.423 e. The molecule has 0 radical (unpaired) electrons. The molecule has 28 heavy (non-hydrogen) atoms. The Kier molecular flexibility index (Phi) is 5.17. The molecule has 1 heterocycles. The first-order chi connectivity index (χ1) is 13.5. The molecular formula is C21H21FN2O3S. The number of hydrogen-bond acceptors (Lipinski definition) is 4. The number of benzene rings is 2. The summed E-state index contributed by atoms with van der Waals surface area (Å²) < 4.78 is 47.3. The lowest BCUT2D eigenvalue weighted by atomic mass is 9.89. The van der Waals surface area contributed by atoms with Crippen LogP contribution in [-0.4, -0.2) is 13.4 Å². The minimum absolute atomic E-state index is 0.0658. The van der Waals surface area contributed by atoms with Gasteiger partial charge in [0.25, 0.3) is 10.0 Å². The van der Waals surface area contributed by atoms with Crippen molar-refractivity contribution in [2.24, 2.45) is 0 Å². The zero-order valence-corrected chi connectivity index (χ0v) is 16.1. The van der Waals surface area contributed by atoms with Crippen LogP contribution in [0.2, 0.25) is 0 Å². The summed E-state index contributed by atoms with van der Waals surface area (Å²) in [6.07, 6.45) is 5.33. The molecule has 2 aromatic carbocycles. The van der Waals surface area contributed by atoms with Crippen LogP contribution >= 0.6 is 0 Å². The van der Waals surface area contributed by atoms with Gasteiger partial charge >= 0.3 is 0 Å². The molecule has 0 amide bonds. The maximum atomic E-state index is 13.3. The molecular weight excluding hydrogens is 379 g/mol. The van der Waals surface area contributed by atoms with Crippen LogP contribution in [0.3, 0.4) is 0 Å². The number of anilines is 1. The van der Waals surface area contributed by atoms with E-state index in [2.05, 4.69) is 9.71 Å². The second kappa shape index (κ2) is 7.75. The summed E-state index contributed by atoms with van der Waals surface area (Å²) in [6, 6.07) is 13.9. The maximum Gasteiger partial charge on any atom is 0.264 e. The fourth-order valence-electron chi connectivity index (χ4n) is 3.51. The fraction of sp³-hybridized carbons (Fsp3) is 0.286. The molecule has 0 atom stereocenters. The quantitative estimate of drug-likeness (QED) is 0.628. The first-order valence-corrected chi connectivity index (χ1v) is 10.9. The highest BCUT2D eigenvalue weighted by atomic mass is 32.2. The van der Waals surface area contributed by atoms with Gasteiger partial charge in [0.1, 0.15) is 11.5 Å². The average molecular weight is 400 g/mol. The number of halogens is 1. The summed E-state index contributed by atoms with van der Waals surface area (Å²) in [7, 11) is -3.83. The first kappa shape index (κ1) is 18.7. The number of hydrogen-bond donors (Lipinski definition) is 1. The summed E-state index contributed by atoms with van der Waals surface area (Å²) in [6.45, 7) is 0. The molecule has 4 rings (SSSR count). The van der Waals surface area contributed by atoms with E-state index in [1.807, 2.05) is 0 Å². The predicted molar refractivity (Wildman–Crippen MR) is 105 cm³/mol. The van der Waals surface area contributed by atoms with Gasteiger partial charge in [-0.25, -0.2) is 22.5 Å². The van der Waals surface area contributed by atoms with Gasteiger partial charge in [0.2, 0.25) is 11.8 Å². The molecule has 5 nitrogen and oxygen atoms in total. The third-order valence-corrected chi connectivity index (χ3v) is 6.34. The van der Waals surface area contributed by atoms with Gasteiger partial charge in [0.15, 0.2) is 0 Å². The molecule has 1 aromatic heterocycles. The fourth-order valence-corrected chi connectivity index (χ4v) is 4.53. The molecule has 146 valence electrons. The van der Waals surface area contributed by atoms with Crippen molar-refractivity contribution in [2.45, 2.75) is 42.9 Å². The van der Waals surface area contributed by atoms with E-state index in [-0.39, 0.29) is 22.5 Å². The lowest BCUT2D eigenvalue weighted by Gasteiger charge is -2.17. The van der Waals surface area contributed by atoms with E-state index in [1.165, 1.54) is 30.7 Å².